The number of nitrogens with one attached hydrogen (secondary N) is 1. The number of anilines is 2. The van der Waals surface area contributed by atoms with Gasteiger partial charge in [-0.15, -0.1) is 0 Å². The Kier molecular flexibility index (Phi) is 5.75. The summed E-state index contributed by atoms with van der Waals surface area (Å²) in [5.74, 6) is 2.01. The molecule has 1 aromatic rings. The number of nitrogens with zero attached hydrogens (tertiary/aromatic N) is 1. The Morgan fingerprint density at radius 3 is 2.67 bits per heavy atom. The molecule has 0 fully saturated rings. The van der Waals surface area contributed by atoms with Crippen LogP contribution in [0.5, 0.6) is 5.88 Å². The molecule has 102 valence electrons. The van der Waals surface area contributed by atoms with E-state index in [0.29, 0.717) is 30.1 Å². The van der Waals surface area contributed by atoms with Gasteiger partial charge in [-0.1, -0.05) is 20.8 Å². The summed E-state index contributed by atoms with van der Waals surface area (Å²) in [5, 5.41) is 3.37. The summed E-state index contributed by atoms with van der Waals surface area (Å²) >= 11 is 0. The largest absolute Gasteiger partial charge is 0.476 e. The van der Waals surface area contributed by atoms with Crippen molar-refractivity contribution in [3.63, 3.8) is 0 Å². The predicted octanol–water partition coefficient (Wildman–Crippen LogP) is 3.30. The summed E-state index contributed by atoms with van der Waals surface area (Å²) in [4.78, 5) is 4.40. The number of nitrogen functional groups attached to an aromatic ring is 1. The molecule has 0 radical (unpaired) electrons. The molecular weight excluding hydrogens is 226 g/mol. The highest BCUT2D eigenvalue weighted by Gasteiger charge is 2.08. The number of pyridine rings is 1. The molecule has 1 rings (SSSR count). The van der Waals surface area contributed by atoms with E-state index in [1.54, 1.807) is 0 Å². The van der Waals surface area contributed by atoms with Gasteiger partial charge in [0.25, 0.3) is 0 Å². The molecule has 18 heavy (non-hydrogen) atoms. The first-order valence-corrected chi connectivity index (χ1v) is 6.68. The highest BCUT2D eigenvalue weighted by Crippen LogP contribution is 2.22. The summed E-state index contributed by atoms with van der Waals surface area (Å²) in [6.45, 7) is 9.28. The van der Waals surface area contributed by atoms with Crippen LogP contribution in [0, 0.1) is 5.92 Å². The van der Waals surface area contributed by atoms with Crippen LogP contribution in [0.4, 0.5) is 11.5 Å². The maximum Gasteiger partial charge on any atom is 0.239 e. The van der Waals surface area contributed by atoms with E-state index in [1.807, 2.05) is 12.1 Å². The second-order valence-corrected chi connectivity index (χ2v) is 5.11. The normalized spacial score (nSPS) is 12.5. The first-order chi connectivity index (χ1) is 8.52. The molecule has 0 aliphatic carbocycles. The van der Waals surface area contributed by atoms with Gasteiger partial charge in [0, 0.05) is 6.04 Å². The van der Waals surface area contributed by atoms with Crippen molar-refractivity contribution < 1.29 is 4.74 Å². The van der Waals surface area contributed by atoms with Crippen molar-refractivity contribution in [3.8, 4) is 5.88 Å². The van der Waals surface area contributed by atoms with Crippen LogP contribution in [0.2, 0.25) is 0 Å². The quantitative estimate of drug-likeness (QED) is 0.780. The molecule has 1 heterocycles. The minimum absolute atomic E-state index is 0.389. The number of hydrogen-bond acceptors (Lipinski definition) is 4. The van der Waals surface area contributed by atoms with Gasteiger partial charge in [-0.25, -0.2) is 0 Å². The minimum Gasteiger partial charge on any atom is -0.476 e. The molecule has 0 saturated carbocycles. The zero-order chi connectivity index (χ0) is 13.5. The van der Waals surface area contributed by atoms with Crippen LogP contribution in [0.15, 0.2) is 12.1 Å². The van der Waals surface area contributed by atoms with Gasteiger partial charge in [-0.2, -0.15) is 4.98 Å². The first kappa shape index (κ1) is 14.6. The SMILES string of the molecule is CCCOc1nc(NC(C)CC(C)C)ccc1N. The zero-order valence-corrected chi connectivity index (χ0v) is 11.9. The molecule has 1 atom stereocenters. The third-order valence-electron chi connectivity index (χ3n) is 2.55. The molecule has 0 amide bonds. The topological polar surface area (TPSA) is 60.2 Å². The monoisotopic (exact) mass is 251 g/mol. The van der Waals surface area contributed by atoms with E-state index in [0.717, 1.165) is 18.7 Å². The Hall–Kier alpha value is -1.45. The summed E-state index contributed by atoms with van der Waals surface area (Å²) in [7, 11) is 0. The third-order valence-corrected chi connectivity index (χ3v) is 2.55. The molecule has 0 spiro atoms. The Morgan fingerprint density at radius 2 is 2.06 bits per heavy atom. The molecule has 1 aromatic heterocycles. The number of ether oxygens (including phenoxy) is 1. The van der Waals surface area contributed by atoms with Gasteiger partial charge in [-0.05, 0) is 37.8 Å². The zero-order valence-electron chi connectivity index (χ0n) is 11.9. The molecule has 0 bridgehead atoms. The van der Waals surface area contributed by atoms with E-state index >= 15 is 0 Å². The van der Waals surface area contributed by atoms with Crippen molar-refractivity contribution in [3.05, 3.63) is 12.1 Å². The third kappa shape index (κ3) is 4.82. The molecule has 0 aliphatic rings. The summed E-state index contributed by atoms with van der Waals surface area (Å²) in [6.07, 6.45) is 2.06. The van der Waals surface area contributed by atoms with E-state index in [1.165, 1.54) is 0 Å². The Bertz CT molecular complexity index is 366. The number of hydrogen-bond donors (Lipinski definition) is 2. The van der Waals surface area contributed by atoms with Gasteiger partial charge < -0.3 is 15.8 Å². The van der Waals surface area contributed by atoms with Gasteiger partial charge in [0.05, 0.1) is 12.3 Å². The van der Waals surface area contributed by atoms with Gasteiger partial charge in [0.1, 0.15) is 5.82 Å². The molecule has 1 unspecified atom stereocenters. The van der Waals surface area contributed by atoms with Crippen LogP contribution in [-0.4, -0.2) is 17.6 Å². The van der Waals surface area contributed by atoms with Gasteiger partial charge >= 0.3 is 0 Å². The molecule has 3 N–H and O–H groups in total. The Balaban J connectivity index is 2.66. The predicted molar refractivity (Wildman–Crippen MR) is 77.0 cm³/mol. The van der Waals surface area contributed by atoms with Crippen LogP contribution >= 0.6 is 0 Å². The average Bonchev–Trinajstić information content (AvgIpc) is 2.28. The highest BCUT2D eigenvalue weighted by molar-refractivity contribution is 5.53. The lowest BCUT2D eigenvalue weighted by molar-refractivity contribution is 0.307. The fourth-order valence-corrected chi connectivity index (χ4v) is 1.86. The molecule has 0 aromatic carbocycles. The van der Waals surface area contributed by atoms with E-state index in [2.05, 4.69) is 38.0 Å². The number of rotatable bonds is 7. The summed E-state index contributed by atoms with van der Waals surface area (Å²) in [5.41, 5.74) is 6.41. The summed E-state index contributed by atoms with van der Waals surface area (Å²) in [6, 6.07) is 4.12. The van der Waals surface area contributed by atoms with Crippen LogP contribution in [0.25, 0.3) is 0 Å². The second kappa shape index (κ2) is 7.09. The molecule has 4 nitrogen and oxygen atoms in total. The fourth-order valence-electron chi connectivity index (χ4n) is 1.86. The lowest BCUT2D eigenvalue weighted by atomic mass is 10.1. The van der Waals surface area contributed by atoms with Gasteiger partial charge in [-0.3, -0.25) is 0 Å². The molecular formula is C14H25N3O. The van der Waals surface area contributed by atoms with Crippen molar-refractivity contribution in [2.75, 3.05) is 17.7 Å². The lowest BCUT2D eigenvalue weighted by Crippen LogP contribution is -2.18. The van der Waals surface area contributed by atoms with Crippen LogP contribution in [-0.2, 0) is 0 Å². The summed E-state index contributed by atoms with van der Waals surface area (Å²) < 4.78 is 5.51. The van der Waals surface area contributed by atoms with E-state index in [-0.39, 0.29) is 0 Å². The van der Waals surface area contributed by atoms with Gasteiger partial charge in [0.2, 0.25) is 5.88 Å². The van der Waals surface area contributed by atoms with Crippen molar-refractivity contribution in [2.24, 2.45) is 5.92 Å². The molecule has 0 aliphatic heterocycles. The van der Waals surface area contributed by atoms with Crippen LogP contribution in [0.3, 0.4) is 0 Å². The molecule has 0 saturated heterocycles. The second-order valence-electron chi connectivity index (χ2n) is 5.11. The molecule has 4 heteroatoms. The van der Waals surface area contributed by atoms with Crippen LogP contribution in [0.1, 0.15) is 40.5 Å². The first-order valence-electron chi connectivity index (χ1n) is 6.68. The van der Waals surface area contributed by atoms with Gasteiger partial charge in [0.15, 0.2) is 0 Å². The smallest absolute Gasteiger partial charge is 0.239 e. The van der Waals surface area contributed by atoms with Crippen molar-refractivity contribution in [1.29, 1.82) is 0 Å². The van der Waals surface area contributed by atoms with E-state index < -0.39 is 0 Å². The average molecular weight is 251 g/mol. The maximum absolute atomic E-state index is 5.83. The van der Waals surface area contributed by atoms with Crippen molar-refractivity contribution in [2.45, 2.75) is 46.6 Å². The Morgan fingerprint density at radius 1 is 1.33 bits per heavy atom. The van der Waals surface area contributed by atoms with E-state index in [4.69, 9.17) is 10.5 Å². The minimum atomic E-state index is 0.389. The standard InChI is InChI=1S/C14H25N3O/c1-5-8-18-14-12(15)6-7-13(17-14)16-11(4)9-10(2)3/h6-7,10-11H,5,8-9,15H2,1-4H3,(H,16,17). The van der Waals surface area contributed by atoms with Crippen molar-refractivity contribution in [1.82, 2.24) is 4.98 Å². The van der Waals surface area contributed by atoms with E-state index in [9.17, 15) is 0 Å². The lowest BCUT2D eigenvalue weighted by Gasteiger charge is -2.17. The van der Waals surface area contributed by atoms with Crippen molar-refractivity contribution >= 4 is 11.5 Å². The maximum atomic E-state index is 5.83. The number of aromatic nitrogens is 1. The number of nitrogens with two attached hydrogens (primary N) is 1. The highest BCUT2D eigenvalue weighted by atomic mass is 16.5. The Labute approximate surface area is 110 Å². The van der Waals surface area contributed by atoms with Crippen LogP contribution < -0.4 is 15.8 Å². The fraction of sp³-hybridized carbons (Fsp3) is 0.643.